The van der Waals surface area contributed by atoms with Crippen molar-refractivity contribution in [2.45, 2.75) is 41.7 Å². The zero-order valence-corrected chi connectivity index (χ0v) is 20.2. The second-order valence-electron chi connectivity index (χ2n) is 8.00. The Kier molecular flexibility index (Phi) is 6.96. The molecule has 2 amide bonds. The number of hydrogen-bond acceptors (Lipinski definition) is 6. The lowest BCUT2D eigenvalue weighted by molar-refractivity contribution is -0.121. The third-order valence-electron chi connectivity index (χ3n) is 5.79. The predicted molar refractivity (Wildman–Crippen MR) is 128 cm³/mol. The fourth-order valence-corrected chi connectivity index (χ4v) is 6.37. The van der Waals surface area contributed by atoms with Crippen molar-refractivity contribution >= 4 is 45.0 Å². The van der Waals surface area contributed by atoms with Gasteiger partial charge in [0.2, 0.25) is 21.8 Å². The molecular formula is C23H27N3O5S2. The van der Waals surface area contributed by atoms with Gasteiger partial charge in [-0.2, -0.15) is 4.31 Å². The minimum Gasteiger partial charge on any atom is -0.492 e. The number of carbonyl (C=O) groups is 2. The summed E-state index contributed by atoms with van der Waals surface area (Å²) in [5.74, 6) is 0.0499. The molecule has 1 fully saturated rings. The molecule has 0 bridgehead atoms. The van der Waals surface area contributed by atoms with Gasteiger partial charge in [-0.05, 0) is 57.0 Å². The number of thioether (sulfide) groups is 1. The Morgan fingerprint density at radius 3 is 2.67 bits per heavy atom. The van der Waals surface area contributed by atoms with Crippen molar-refractivity contribution in [3.63, 3.8) is 0 Å². The topological polar surface area (TPSA) is 105 Å². The van der Waals surface area contributed by atoms with Crippen LogP contribution in [0.15, 0.2) is 52.3 Å². The Hall–Kier alpha value is -2.56. The Morgan fingerprint density at radius 1 is 1.21 bits per heavy atom. The van der Waals surface area contributed by atoms with Crippen LogP contribution in [0.5, 0.6) is 5.75 Å². The summed E-state index contributed by atoms with van der Waals surface area (Å²) in [7, 11) is -3.73. The standard InChI is InChI=1S/C23H27N3O5S2/c1-3-31-20-7-5-4-6-18(20)24-23(28)16-10-12-26(13-11-16)33(29,30)17-8-9-21-19(14-17)25-22(27)15(2)32-21/h4-9,14-16H,3,10-13H2,1-2H3,(H,24,28)(H,25,27)/t15-/m0/s1. The molecule has 10 heteroatoms. The third-order valence-corrected chi connectivity index (χ3v) is 8.86. The van der Waals surface area contributed by atoms with E-state index >= 15 is 0 Å². The molecule has 33 heavy (non-hydrogen) atoms. The van der Waals surface area contributed by atoms with Crippen LogP contribution in [0.25, 0.3) is 0 Å². The first-order chi connectivity index (χ1) is 15.8. The summed E-state index contributed by atoms with van der Waals surface area (Å²) in [6, 6.07) is 12.1. The number of nitrogens with zero attached hydrogens (tertiary/aromatic N) is 1. The average molecular weight is 490 g/mol. The van der Waals surface area contributed by atoms with Crippen LogP contribution in [0, 0.1) is 5.92 Å². The molecule has 1 atom stereocenters. The molecule has 2 N–H and O–H groups in total. The first kappa shape index (κ1) is 23.6. The Bertz CT molecular complexity index is 1160. The fourth-order valence-electron chi connectivity index (χ4n) is 3.94. The number of ether oxygens (including phenoxy) is 1. The van der Waals surface area contributed by atoms with Crippen LogP contribution in [0.2, 0.25) is 0 Å². The molecule has 2 heterocycles. The van der Waals surface area contributed by atoms with Crippen LogP contribution in [-0.4, -0.2) is 49.5 Å². The first-order valence-electron chi connectivity index (χ1n) is 10.9. The number of anilines is 2. The maximum atomic E-state index is 13.2. The summed E-state index contributed by atoms with van der Waals surface area (Å²) >= 11 is 1.41. The number of piperidine rings is 1. The highest BCUT2D eigenvalue weighted by Gasteiger charge is 2.33. The maximum Gasteiger partial charge on any atom is 0.243 e. The van der Waals surface area contributed by atoms with E-state index in [0.29, 0.717) is 36.6 Å². The van der Waals surface area contributed by atoms with Crippen LogP contribution in [0.4, 0.5) is 11.4 Å². The number of nitrogens with one attached hydrogen (secondary N) is 2. The van der Waals surface area contributed by atoms with Gasteiger partial charge in [-0.1, -0.05) is 12.1 Å². The Labute approximate surface area is 198 Å². The van der Waals surface area contributed by atoms with Gasteiger partial charge < -0.3 is 15.4 Å². The molecule has 2 aromatic rings. The number of sulfonamides is 1. The van der Waals surface area contributed by atoms with E-state index in [0.717, 1.165) is 4.90 Å². The van der Waals surface area contributed by atoms with E-state index in [2.05, 4.69) is 10.6 Å². The van der Waals surface area contributed by atoms with Gasteiger partial charge in [0.15, 0.2) is 0 Å². The number of carbonyl (C=O) groups excluding carboxylic acids is 2. The van der Waals surface area contributed by atoms with E-state index < -0.39 is 10.0 Å². The molecule has 176 valence electrons. The van der Waals surface area contributed by atoms with E-state index in [1.807, 2.05) is 26.0 Å². The van der Waals surface area contributed by atoms with E-state index in [4.69, 9.17) is 4.74 Å². The lowest BCUT2D eigenvalue weighted by Gasteiger charge is -2.31. The number of amides is 2. The molecule has 0 aliphatic carbocycles. The van der Waals surface area contributed by atoms with Crippen LogP contribution in [0.1, 0.15) is 26.7 Å². The molecule has 2 aliphatic rings. The molecule has 0 aromatic heterocycles. The number of fused-ring (bicyclic) bond motifs is 1. The monoisotopic (exact) mass is 489 g/mol. The van der Waals surface area contributed by atoms with Crippen LogP contribution < -0.4 is 15.4 Å². The lowest BCUT2D eigenvalue weighted by Crippen LogP contribution is -2.41. The molecular weight excluding hydrogens is 462 g/mol. The van der Waals surface area contributed by atoms with Crippen molar-refractivity contribution in [1.82, 2.24) is 4.31 Å². The average Bonchev–Trinajstić information content (AvgIpc) is 2.81. The van der Waals surface area contributed by atoms with Crippen molar-refractivity contribution in [2.24, 2.45) is 5.92 Å². The maximum absolute atomic E-state index is 13.2. The van der Waals surface area contributed by atoms with E-state index in [1.54, 1.807) is 24.3 Å². The minimum atomic E-state index is -3.73. The summed E-state index contributed by atoms with van der Waals surface area (Å²) in [4.78, 5) is 25.8. The largest absolute Gasteiger partial charge is 0.492 e. The Morgan fingerprint density at radius 2 is 1.94 bits per heavy atom. The van der Waals surface area contributed by atoms with E-state index in [1.165, 1.54) is 22.1 Å². The minimum absolute atomic E-state index is 0.137. The summed E-state index contributed by atoms with van der Waals surface area (Å²) < 4.78 is 33.4. The summed E-state index contributed by atoms with van der Waals surface area (Å²) in [5.41, 5.74) is 1.13. The molecule has 2 aliphatic heterocycles. The second-order valence-corrected chi connectivity index (χ2v) is 11.3. The number of rotatable bonds is 6. The molecule has 0 spiro atoms. The van der Waals surface area contributed by atoms with Gasteiger partial charge in [0, 0.05) is 23.9 Å². The molecule has 0 saturated carbocycles. The van der Waals surface area contributed by atoms with E-state index in [9.17, 15) is 18.0 Å². The number of hydrogen-bond donors (Lipinski definition) is 2. The van der Waals surface area contributed by atoms with Crippen LogP contribution in [-0.2, 0) is 19.6 Å². The highest BCUT2D eigenvalue weighted by atomic mass is 32.2. The smallest absolute Gasteiger partial charge is 0.243 e. The molecule has 4 rings (SSSR count). The molecule has 0 radical (unpaired) electrons. The SMILES string of the molecule is CCOc1ccccc1NC(=O)C1CCN(S(=O)(=O)c2ccc3c(c2)NC(=O)[C@H](C)S3)CC1. The lowest BCUT2D eigenvalue weighted by atomic mass is 9.97. The number of benzene rings is 2. The summed E-state index contributed by atoms with van der Waals surface area (Å²) in [5, 5.41) is 5.48. The molecule has 0 unspecified atom stereocenters. The van der Waals surface area contributed by atoms with Gasteiger partial charge >= 0.3 is 0 Å². The van der Waals surface area contributed by atoms with Crippen LogP contribution >= 0.6 is 11.8 Å². The van der Waals surface area contributed by atoms with Crippen molar-refractivity contribution in [3.05, 3.63) is 42.5 Å². The summed E-state index contributed by atoms with van der Waals surface area (Å²) in [6.07, 6.45) is 0.855. The predicted octanol–water partition coefficient (Wildman–Crippen LogP) is 3.56. The number of para-hydroxylation sites is 2. The van der Waals surface area contributed by atoms with E-state index in [-0.39, 0.29) is 41.0 Å². The second kappa shape index (κ2) is 9.74. The van der Waals surface area contributed by atoms with Gasteiger partial charge in [0.05, 0.1) is 28.1 Å². The zero-order valence-electron chi connectivity index (χ0n) is 18.5. The van der Waals surface area contributed by atoms with Gasteiger partial charge in [-0.15, -0.1) is 11.8 Å². The third kappa shape index (κ3) is 5.02. The van der Waals surface area contributed by atoms with Crippen molar-refractivity contribution in [3.8, 4) is 5.75 Å². The zero-order chi connectivity index (χ0) is 23.6. The van der Waals surface area contributed by atoms with Crippen molar-refractivity contribution < 1.29 is 22.7 Å². The molecule has 8 nitrogen and oxygen atoms in total. The van der Waals surface area contributed by atoms with Crippen molar-refractivity contribution in [1.29, 1.82) is 0 Å². The molecule has 1 saturated heterocycles. The fraction of sp³-hybridized carbons (Fsp3) is 0.391. The first-order valence-corrected chi connectivity index (χ1v) is 13.3. The quantitative estimate of drug-likeness (QED) is 0.643. The molecule has 2 aromatic carbocycles. The highest BCUT2D eigenvalue weighted by Crippen LogP contribution is 2.37. The van der Waals surface area contributed by atoms with Crippen LogP contribution in [0.3, 0.4) is 0 Å². The Balaban J connectivity index is 1.41. The van der Waals surface area contributed by atoms with Gasteiger partial charge in [0.1, 0.15) is 5.75 Å². The normalized spacial score (nSPS) is 19.5. The van der Waals surface area contributed by atoms with Gasteiger partial charge in [-0.3, -0.25) is 9.59 Å². The summed E-state index contributed by atoms with van der Waals surface area (Å²) in [6.45, 7) is 4.69. The van der Waals surface area contributed by atoms with Crippen molar-refractivity contribution in [2.75, 3.05) is 30.3 Å². The van der Waals surface area contributed by atoms with Gasteiger partial charge in [-0.25, -0.2) is 8.42 Å². The highest BCUT2D eigenvalue weighted by molar-refractivity contribution is 8.01. The van der Waals surface area contributed by atoms with Gasteiger partial charge in [0.25, 0.3) is 0 Å².